The van der Waals surface area contributed by atoms with Crippen LogP contribution < -0.4 is 5.43 Å². The highest BCUT2D eigenvalue weighted by Crippen LogP contribution is 2.24. The van der Waals surface area contributed by atoms with Gasteiger partial charge in [-0.3, -0.25) is 10.4 Å². The van der Waals surface area contributed by atoms with Gasteiger partial charge < -0.3 is 4.42 Å². The number of halogens is 1. The van der Waals surface area contributed by atoms with Crippen molar-refractivity contribution in [3.8, 4) is 0 Å². The molecule has 3 rings (SSSR count). The van der Waals surface area contributed by atoms with E-state index in [1.807, 2.05) is 50.2 Å². The van der Waals surface area contributed by atoms with Crippen LogP contribution in [-0.2, 0) is 0 Å². The van der Waals surface area contributed by atoms with Crippen molar-refractivity contribution in [2.75, 3.05) is 5.43 Å². The molecule has 0 atom stereocenters. The van der Waals surface area contributed by atoms with E-state index in [1.54, 1.807) is 6.20 Å². The Hall–Kier alpha value is -2.33. The van der Waals surface area contributed by atoms with E-state index in [0.717, 1.165) is 33.8 Å². The Balaban J connectivity index is 1.91. The molecular formula is C16H14ClN3O. The van der Waals surface area contributed by atoms with Gasteiger partial charge in [0.1, 0.15) is 17.2 Å². The molecule has 0 aliphatic heterocycles. The zero-order valence-electron chi connectivity index (χ0n) is 11.7. The van der Waals surface area contributed by atoms with E-state index in [9.17, 15) is 0 Å². The molecule has 3 aromatic rings. The molecule has 1 aromatic carbocycles. The van der Waals surface area contributed by atoms with Crippen LogP contribution in [0.15, 0.2) is 52.1 Å². The Morgan fingerprint density at radius 1 is 1.24 bits per heavy atom. The molecule has 2 heterocycles. The number of fused-ring (bicyclic) bond motifs is 1. The van der Waals surface area contributed by atoms with Gasteiger partial charge in [0, 0.05) is 16.6 Å². The van der Waals surface area contributed by atoms with Crippen LogP contribution in [-0.4, -0.2) is 10.7 Å². The van der Waals surface area contributed by atoms with Gasteiger partial charge in [-0.05, 0) is 50.2 Å². The van der Waals surface area contributed by atoms with Gasteiger partial charge in [0.05, 0.1) is 11.2 Å². The first-order valence-electron chi connectivity index (χ1n) is 6.55. The largest absolute Gasteiger partial charge is 0.460 e. The molecule has 0 aliphatic rings. The molecule has 0 fully saturated rings. The lowest BCUT2D eigenvalue weighted by Gasteiger charge is -2.06. The summed E-state index contributed by atoms with van der Waals surface area (Å²) in [6.07, 6.45) is 1.73. The summed E-state index contributed by atoms with van der Waals surface area (Å²) < 4.78 is 5.54. The van der Waals surface area contributed by atoms with Crippen LogP contribution in [0, 0.1) is 6.92 Å². The first-order chi connectivity index (χ1) is 10.1. The van der Waals surface area contributed by atoms with Crippen LogP contribution in [0.1, 0.15) is 18.4 Å². The predicted molar refractivity (Wildman–Crippen MR) is 86.0 cm³/mol. The number of furan rings is 1. The summed E-state index contributed by atoms with van der Waals surface area (Å²) in [5.74, 6) is 1.62. The molecule has 21 heavy (non-hydrogen) atoms. The molecule has 0 unspecified atom stereocenters. The summed E-state index contributed by atoms with van der Waals surface area (Å²) in [5.41, 5.74) is 5.54. The minimum atomic E-state index is 0.665. The Morgan fingerprint density at radius 2 is 2.10 bits per heavy atom. The van der Waals surface area contributed by atoms with E-state index in [0.29, 0.717) is 5.02 Å². The molecule has 0 saturated carbocycles. The number of hydrazone groups is 1. The van der Waals surface area contributed by atoms with Crippen LogP contribution in [0.3, 0.4) is 0 Å². The molecule has 0 bridgehead atoms. The number of benzene rings is 1. The van der Waals surface area contributed by atoms with Crippen LogP contribution in [0.25, 0.3) is 10.9 Å². The zero-order chi connectivity index (χ0) is 14.8. The monoisotopic (exact) mass is 299 g/mol. The summed E-state index contributed by atoms with van der Waals surface area (Å²) in [4.78, 5) is 4.30. The van der Waals surface area contributed by atoms with Crippen LogP contribution in [0.4, 0.5) is 5.69 Å². The summed E-state index contributed by atoms with van der Waals surface area (Å²) in [7, 11) is 0. The first-order valence-corrected chi connectivity index (χ1v) is 6.92. The summed E-state index contributed by atoms with van der Waals surface area (Å²) >= 11 is 5.98. The fourth-order valence-corrected chi connectivity index (χ4v) is 2.21. The maximum absolute atomic E-state index is 5.98. The van der Waals surface area contributed by atoms with Crippen LogP contribution >= 0.6 is 11.6 Å². The lowest BCUT2D eigenvalue weighted by Crippen LogP contribution is -1.99. The number of hydrogen-bond donors (Lipinski definition) is 1. The second-order valence-electron chi connectivity index (χ2n) is 4.74. The maximum atomic E-state index is 5.98. The first kappa shape index (κ1) is 13.6. The predicted octanol–water partition coefficient (Wildman–Crippen LogP) is 4.63. The molecule has 0 aliphatic carbocycles. The van der Waals surface area contributed by atoms with Gasteiger partial charge in [0.25, 0.3) is 0 Å². The molecule has 5 heteroatoms. The minimum absolute atomic E-state index is 0.665. The highest BCUT2D eigenvalue weighted by atomic mass is 35.5. The number of anilines is 1. The normalized spacial score (nSPS) is 11.9. The van der Waals surface area contributed by atoms with Crippen LogP contribution in [0.5, 0.6) is 0 Å². The second kappa shape index (κ2) is 5.58. The number of hydrogen-bond acceptors (Lipinski definition) is 4. The molecule has 0 spiro atoms. The van der Waals surface area contributed by atoms with E-state index in [1.165, 1.54) is 0 Å². The van der Waals surface area contributed by atoms with Crippen molar-refractivity contribution in [2.45, 2.75) is 13.8 Å². The van der Waals surface area contributed by atoms with E-state index >= 15 is 0 Å². The average molecular weight is 300 g/mol. The molecule has 2 aromatic heterocycles. The maximum Gasteiger partial charge on any atom is 0.149 e. The highest BCUT2D eigenvalue weighted by molar-refractivity contribution is 6.31. The minimum Gasteiger partial charge on any atom is -0.460 e. The Bertz CT molecular complexity index is 823. The average Bonchev–Trinajstić information content (AvgIpc) is 2.91. The Morgan fingerprint density at radius 3 is 2.86 bits per heavy atom. The van der Waals surface area contributed by atoms with Crippen molar-refractivity contribution in [1.29, 1.82) is 0 Å². The van der Waals surface area contributed by atoms with Crippen molar-refractivity contribution in [3.05, 3.63) is 59.1 Å². The SMILES string of the molecule is CC(=NNc1ccnc2cc(Cl)ccc12)c1ccc(C)o1. The van der Waals surface area contributed by atoms with E-state index < -0.39 is 0 Å². The molecule has 1 N–H and O–H groups in total. The third-order valence-electron chi connectivity index (χ3n) is 3.15. The zero-order valence-corrected chi connectivity index (χ0v) is 12.5. The highest BCUT2D eigenvalue weighted by Gasteiger charge is 2.04. The van der Waals surface area contributed by atoms with E-state index in [2.05, 4.69) is 15.5 Å². The summed E-state index contributed by atoms with van der Waals surface area (Å²) in [5, 5.41) is 5.99. The third-order valence-corrected chi connectivity index (χ3v) is 3.38. The number of nitrogens with one attached hydrogen (secondary N) is 1. The molecule has 106 valence electrons. The van der Waals surface area contributed by atoms with Crippen molar-refractivity contribution in [2.24, 2.45) is 5.10 Å². The Labute approximate surface area is 127 Å². The van der Waals surface area contributed by atoms with Gasteiger partial charge in [0.15, 0.2) is 0 Å². The Kier molecular flexibility index (Phi) is 3.62. The number of pyridine rings is 1. The van der Waals surface area contributed by atoms with Gasteiger partial charge in [-0.15, -0.1) is 0 Å². The van der Waals surface area contributed by atoms with E-state index in [-0.39, 0.29) is 0 Å². The van der Waals surface area contributed by atoms with Crippen molar-refractivity contribution in [3.63, 3.8) is 0 Å². The van der Waals surface area contributed by atoms with Gasteiger partial charge in [-0.2, -0.15) is 5.10 Å². The van der Waals surface area contributed by atoms with Crippen LogP contribution in [0.2, 0.25) is 5.02 Å². The number of aromatic nitrogens is 1. The second-order valence-corrected chi connectivity index (χ2v) is 5.18. The fraction of sp³-hybridized carbons (Fsp3) is 0.125. The topological polar surface area (TPSA) is 50.4 Å². The number of aryl methyl sites for hydroxylation is 1. The summed E-state index contributed by atoms with van der Waals surface area (Å²) in [6.45, 7) is 3.80. The lowest BCUT2D eigenvalue weighted by molar-refractivity contribution is 0.525. The van der Waals surface area contributed by atoms with Crippen molar-refractivity contribution >= 4 is 33.9 Å². The van der Waals surface area contributed by atoms with Gasteiger partial charge in [-0.25, -0.2) is 0 Å². The number of nitrogens with zero attached hydrogens (tertiary/aromatic N) is 2. The quantitative estimate of drug-likeness (QED) is 0.567. The molecule has 0 saturated heterocycles. The number of rotatable bonds is 3. The molecule has 4 nitrogen and oxygen atoms in total. The third kappa shape index (κ3) is 2.90. The van der Waals surface area contributed by atoms with Gasteiger partial charge in [0.2, 0.25) is 0 Å². The summed E-state index contributed by atoms with van der Waals surface area (Å²) in [6, 6.07) is 11.3. The van der Waals surface area contributed by atoms with Gasteiger partial charge >= 0.3 is 0 Å². The smallest absolute Gasteiger partial charge is 0.149 e. The van der Waals surface area contributed by atoms with E-state index in [4.69, 9.17) is 16.0 Å². The molecule has 0 amide bonds. The fourth-order valence-electron chi connectivity index (χ4n) is 2.05. The standard InChI is InChI=1S/C16H14ClN3O/c1-10-3-6-16(21-10)11(2)19-20-14-7-8-18-15-9-12(17)4-5-13(14)15/h3-9H,1-2H3,(H,18,20). The molecular weight excluding hydrogens is 286 g/mol. The molecule has 0 radical (unpaired) electrons. The van der Waals surface area contributed by atoms with Crippen molar-refractivity contribution in [1.82, 2.24) is 4.98 Å². The lowest BCUT2D eigenvalue weighted by atomic mass is 10.2. The van der Waals surface area contributed by atoms with Crippen molar-refractivity contribution < 1.29 is 4.42 Å². The van der Waals surface area contributed by atoms with Gasteiger partial charge in [-0.1, -0.05) is 11.6 Å².